The van der Waals surface area contributed by atoms with Gasteiger partial charge in [-0.05, 0) is 23.8 Å². The van der Waals surface area contributed by atoms with Gasteiger partial charge in [-0.25, -0.2) is 13.6 Å². The van der Waals surface area contributed by atoms with Crippen molar-refractivity contribution in [3.63, 3.8) is 0 Å². The van der Waals surface area contributed by atoms with Crippen LogP contribution in [0.25, 0.3) is 0 Å². The SMILES string of the molecule is COC(=O)c1ccc(CNCc2cccc(F)c2F)cc1. The van der Waals surface area contributed by atoms with Crippen LogP contribution in [0.4, 0.5) is 8.78 Å². The number of esters is 1. The molecule has 0 fully saturated rings. The fourth-order valence-electron chi connectivity index (χ4n) is 1.90. The lowest BCUT2D eigenvalue weighted by Crippen LogP contribution is -2.14. The van der Waals surface area contributed by atoms with E-state index in [1.165, 1.54) is 19.2 Å². The van der Waals surface area contributed by atoms with E-state index in [0.717, 1.165) is 11.6 Å². The number of hydrogen-bond acceptors (Lipinski definition) is 3. The van der Waals surface area contributed by atoms with Crippen LogP contribution in [0.2, 0.25) is 0 Å². The van der Waals surface area contributed by atoms with E-state index in [0.29, 0.717) is 12.1 Å². The molecule has 0 aliphatic carbocycles. The zero-order valence-electron chi connectivity index (χ0n) is 11.5. The van der Waals surface area contributed by atoms with Gasteiger partial charge in [-0.3, -0.25) is 0 Å². The van der Waals surface area contributed by atoms with Gasteiger partial charge < -0.3 is 10.1 Å². The number of carbonyl (C=O) groups is 1. The lowest BCUT2D eigenvalue weighted by molar-refractivity contribution is 0.0600. The van der Waals surface area contributed by atoms with Crippen molar-refractivity contribution < 1.29 is 18.3 Å². The van der Waals surface area contributed by atoms with Crippen molar-refractivity contribution in [2.75, 3.05) is 7.11 Å². The van der Waals surface area contributed by atoms with Gasteiger partial charge in [-0.1, -0.05) is 24.3 Å². The van der Waals surface area contributed by atoms with E-state index in [2.05, 4.69) is 10.1 Å². The van der Waals surface area contributed by atoms with Crippen LogP contribution < -0.4 is 5.32 Å². The van der Waals surface area contributed by atoms with Gasteiger partial charge in [0, 0.05) is 18.7 Å². The summed E-state index contributed by atoms with van der Waals surface area (Å²) >= 11 is 0. The Labute approximate surface area is 121 Å². The number of ether oxygens (including phenoxy) is 1. The first kappa shape index (κ1) is 15.1. The summed E-state index contributed by atoms with van der Waals surface area (Å²) in [5.41, 5.74) is 1.68. The Bertz CT molecular complexity index is 627. The molecule has 0 aliphatic rings. The largest absolute Gasteiger partial charge is 0.465 e. The van der Waals surface area contributed by atoms with Gasteiger partial charge in [0.05, 0.1) is 12.7 Å². The first-order valence-electron chi connectivity index (χ1n) is 6.42. The third-order valence-corrected chi connectivity index (χ3v) is 3.05. The molecule has 0 amide bonds. The molecule has 0 saturated carbocycles. The minimum atomic E-state index is -0.850. The maximum atomic E-state index is 13.4. The Morgan fingerprint density at radius 3 is 2.48 bits per heavy atom. The normalized spacial score (nSPS) is 10.4. The Kier molecular flexibility index (Phi) is 5.00. The molecule has 0 unspecified atom stereocenters. The number of benzene rings is 2. The number of nitrogens with one attached hydrogen (secondary N) is 1. The number of carbonyl (C=O) groups excluding carboxylic acids is 1. The van der Waals surface area contributed by atoms with Gasteiger partial charge in [0.15, 0.2) is 11.6 Å². The van der Waals surface area contributed by atoms with E-state index in [-0.39, 0.29) is 12.1 Å². The third kappa shape index (κ3) is 3.86. The van der Waals surface area contributed by atoms with Crippen LogP contribution in [-0.2, 0) is 17.8 Å². The van der Waals surface area contributed by atoms with Crippen molar-refractivity contribution in [2.24, 2.45) is 0 Å². The summed E-state index contributed by atoms with van der Waals surface area (Å²) < 4.78 is 31.1. The average Bonchev–Trinajstić information content (AvgIpc) is 2.51. The lowest BCUT2D eigenvalue weighted by Gasteiger charge is -2.07. The highest BCUT2D eigenvalue weighted by Crippen LogP contribution is 2.11. The second-order valence-electron chi connectivity index (χ2n) is 4.51. The Morgan fingerprint density at radius 2 is 1.81 bits per heavy atom. The van der Waals surface area contributed by atoms with Crippen LogP contribution in [0.1, 0.15) is 21.5 Å². The standard InChI is InChI=1S/C16H15F2NO2/c1-21-16(20)12-7-5-11(6-8-12)9-19-10-13-3-2-4-14(17)15(13)18/h2-8,19H,9-10H2,1H3. The predicted octanol–water partition coefficient (Wildman–Crippen LogP) is 3.04. The van der Waals surface area contributed by atoms with Crippen LogP contribution in [0.5, 0.6) is 0 Å². The second kappa shape index (κ2) is 6.95. The number of hydrogen-bond donors (Lipinski definition) is 1. The zero-order chi connectivity index (χ0) is 15.2. The summed E-state index contributed by atoms with van der Waals surface area (Å²) in [6.07, 6.45) is 0. The van der Waals surface area contributed by atoms with E-state index < -0.39 is 17.6 Å². The molecule has 110 valence electrons. The quantitative estimate of drug-likeness (QED) is 0.861. The first-order chi connectivity index (χ1) is 10.1. The molecular formula is C16H15F2NO2. The minimum absolute atomic E-state index is 0.225. The van der Waals surface area contributed by atoms with E-state index in [1.54, 1.807) is 24.3 Å². The Morgan fingerprint density at radius 1 is 1.10 bits per heavy atom. The van der Waals surface area contributed by atoms with Crippen molar-refractivity contribution in [2.45, 2.75) is 13.1 Å². The van der Waals surface area contributed by atoms with E-state index >= 15 is 0 Å². The molecule has 21 heavy (non-hydrogen) atoms. The highest BCUT2D eigenvalue weighted by molar-refractivity contribution is 5.89. The second-order valence-corrected chi connectivity index (χ2v) is 4.51. The van der Waals surface area contributed by atoms with E-state index in [1.807, 2.05) is 0 Å². The summed E-state index contributed by atoms with van der Waals surface area (Å²) in [6.45, 7) is 0.708. The van der Waals surface area contributed by atoms with Gasteiger partial charge in [-0.2, -0.15) is 0 Å². The molecule has 0 atom stereocenters. The maximum absolute atomic E-state index is 13.4. The van der Waals surface area contributed by atoms with Gasteiger partial charge in [0.25, 0.3) is 0 Å². The molecule has 3 nitrogen and oxygen atoms in total. The topological polar surface area (TPSA) is 38.3 Å². The van der Waals surface area contributed by atoms with Crippen molar-refractivity contribution >= 4 is 5.97 Å². The molecule has 0 saturated heterocycles. The Hall–Kier alpha value is -2.27. The molecular weight excluding hydrogens is 276 g/mol. The summed E-state index contributed by atoms with van der Waals surface area (Å²) in [6, 6.07) is 11.0. The molecule has 0 aromatic heterocycles. The van der Waals surface area contributed by atoms with Crippen LogP contribution in [0.3, 0.4) is 0 Å². The zero-order valence-corrected chi connectivity index (χ0v) is 11.5. The first-order valence-corrected chi connectivity index (χ1v) is 6.42. The molecule has 0 heterocycles. The summed E-state index contributed by atoms with van der Waals surface area (Å²) in [5, 5.41) is 3.03. The van der Waals surface area contributed by atoms with Gasteiger partial charge >= 0.3 is 5.97 Å². The fourth-order valence-corrected chi connectivity index (χ4v) is 1.90. The Balaban J connectivity index is 1.91. The summed E-state index contributed by atoms with van der Waals surface area (Å²) in [5.74, 6) is -2.07. The van der Waals surface area contributed by atoms with Gasteiger partial charge in [-0.15, -0.1) is 0 Å². The smallest absolute Gasteiger partial charge is 0.337 e. The van der Waals surface area contributed by atoms with Gasteiger partial charge in [0.1, 0.15) is 0 Å². The van der Waals surface area contributed by atoms with Crippen molar-refractivity contribution in [3.05, 3.63) is 70.8 Å². The molecule has 0 radical (unpaired) electrons. The van der Waals surface area contributed by atoms with Crippen molar-refractivity contribution in [3.8, 4) is 0 Å². The van der Waals surface area contributed by atoms with Crippen LogP contribution >= 0.6 is 0 Å². The molecule has 5 heteroatoms. The number of methoxy groups -OCH3 is 1. The molecule has 1 N–H and O–H groups in total. The highest BCUT2D eigenvalue weighted by atomic mass is 19.2. The predicted molar refractivity (Wildman–Crippen MR) is 74.7 cm³/mol. The van der Waals surface area contributed by atoms with Crippen LogP contribution in [-0.4, -0.2) is 13.1 Å². The molecule has 2 aromatic rings. The average molecular weight is 291 g/mol. The highest BCUT2D eigenvalue weighted by Gasteiger charge is 2.07. The summed E-state index contributed by atoms with van der Waals surface area (Å²) in [7, 11) is 1.32. The lowest BCUT2D eigenvalue weighted by atomic mass is 10.1. The molecule has 0 bridgehead atoms. The van der Waals surface area contributed by atoms with Crippen molar-refractivity contribution in [1.29, 1.82) is 0 Å². The molecule has 0 spiro atoms. The van der Waals surface area contributed by atoms with E-state index in [4.69, 9.17) is 0 Å². The number of halogens is 2. The molecule has 2 rings (SSSR count). The van der Waals surface area contributed by atoms with Crippen LogP contribution in [0, 0.1) is 11.6 Å². The summed E-state index contributed by atoms with van der Waals surface area (Å²) in [4.78, 5) is 11.3. The van der Waals surface area contributed by atoms with E-state index in [9.17, 15) is 13.6 Å². The van der Waals surface area contributed by atoms with Gasteiger partial charge in [0.2, 0.25) is 0 Å². The fraction of sp³-hybridized carbons (Fsp3) is 0.188. The maximum Gasteiger partial charge on any atom is 0.337 e. The third-order valence-electron chi connectivity index (χ3n) is 3.05. The van der Waals surface area contributed by atoms with Crippen molar-refractivity contribution in [1.82, 2.24) is 5.32 Å². The monoisotopic (exact) mass is 291 g/mol. The molecule has 0 aliphatic heterocycles. The number of rotatable bonds is 5. The van der Waals surface area contributed by atoms with Crippen LogP contribution in [0.15, 0.2) is 42.5 Å². The minimum Gasteiger partial charge on any atom is -0.465 e. The molecule has 2 aromatic carbocycles.